The lowest BCUT2D eigenvalue weighted by Gasteiger charge is -2.24. The number of pyridine rings is 5. The molecule has 670 valence electrons. The van der Waals surface area contributed by atoms with Gasteiger partial charge < -0.3 is 4.98 Å². The molecule has 1 aromatic carbocycles. The van der Waals surface area contributed by atoms with Gasteiger partial charge in [-0.2, -0.15) is 0 Å². The molecule has 1 N–H and O–H groups in total. The molecule has 12 heteroatoms. The Balaban J connectivity index is 0.000000358. The van der Waals surface area contributed by atoms with E-state index in [0.717, 1.165) is 45.2 Å². The molecule has 0 aliphatic rings. The summed E-state index contributed by atoms with van der Waals surface area (Å²) in [5.41, 5.74) is 22.2. The third-order valence-corrected chi connectivity index (χ3v) is 28.3. The number of H-pyrrole nitrogens is 1. The predicted molar refractivity (Wildman–Crippen MR) is 554 cm³/mol. The lowest BCUT2D eigenvalue weighted by Crippen LogP contribution is -2.19. The van der Waals surface area contributed by atoms with E-state index in [9.17, 15) is 0 Å². The quantitative estimate of drug-likeness (QED) is 0.144. The maximum absolute atomic E-state index is 4.95. The van der Waals surface area contributed by atoms with Gasteiger partial charge in [-0.3, -0.25) is 24.9 Å². The van der Waals surface area contributed by atoms with E-state index in [1.54, 1.807) is 0 Å². The van der Waals surface area contributed by atoms with Gasteiger partial charge in [-0.05, 0) is 221 Å². The average Bonchev–Trinajstić information content (AvgIpc) is 1.67. The van der Waals surface area contributed by atoms with E-state index >= 15 is 0 Å². The first kappa shape index (κ1) is 110. The van der Waals surface area contributed by atoms with Crippen LogP contribution in [0.25, 0.3) is 22.4 Å². The fourth-order valence-corrected chi connectivity index (χ4v) is 17.7. The molecule has 0 saturated carbocycles. The largest absolute Gasteiger partial charge is 0.361 e. The Morgan fingerprint density at radius 2 is 0.545 bits per heavy atom. The molecule has 10 rings (SSSR count). The maximum atomic E-state index is 4.95. The molecular formula is C109H168I2N8S2. The summed E-state index contributed by atoms with van der Waals surface area (Å²) in [5, 5.41) is 1.12. The number of benzene rings is 1. The SMILES string of the molecule is CC(C)(C)c1ccc(C(C)(C)C)[nH]1.CC(C)(C)c1ccc(C(C)(C)C)s1.CC(C)(C)c1cccc(C(C)(C)C)c1.CC(C)(C)c1cccc(C(C)(C)C)n1.CC(C)(C)c1sc(C(C)(C)C)c(I)c1I.CC(C)c1ccc2ccc(C(C)C)nc2n1.CC(C)c1cccc(-c2cccc(C(C)C)n2)n1.CC(C)c1nc(C(C)C)c(C(C)C)nc1C(C)C. The summed E-state index contributed by atoms with van der Waals surface area (Å²) in [6.07, 6.45) is 0. The molecule has 0 spiro atoms. The topological polar surface area (TPSA) is 106 Å². The van der Waals surface area contributed by atoms with Crippen molar-refractivity contribution in [1.29, 1.82) is 0 Å². The number of halogens is 2. The molecule has 10 aromatic rings. The summed E-state index contributed by atoms with van der Waals surface area (Å²) < 4.78 is 2.91. The van der Waals surface area contributed by atoms with Crippen LogP contribution in [0.1, 0.15) is 465 Å². The first-order valence-corrected chi connectivity index (χ1v) is 48.6. The summed E-state index contributed by atoms with van der Waals surface area (Å²) in [5.74, 6) is 3.55. The molecule has 9 heterocycles. The lowest BCUT2D eigenvalue weighted by atomic mass is 9.81. The lowest BCUT2D eigenvalue weighted by molar-refractivity contribution is 0.531. The van der Waals surface area contributed by atoms with Crippen LogP contribution in [0.3, 0.4) is 0 Å². The van der Waals surface area contributed by atoms with E-state index in [1.807, 2.05) is 34.8 Å². The molecule has 0 saturated heterocycles. The Kier molecular flexibility index (Phi) is 40.5. The molecule has 0 aliphatic heterocycles. The van der Waals surface area contributed by atoms with Gasteiger partial charge in [0.25, 0.3) is 0 Å². The van der Waals surface area contributed by atoms with E-state index in [1.165, 1.54) is 83.3 Å². The van der Waals surface area contributed by atoms with Crippen molar-refractivity contribution < 1.29 is 0 Å². The van der Waals surface area contributed by atoms with Crippen molar-refractivity contribution in [3.8, 4) is 11.4 Å². The summed E-state index contributed by atoms with van der Waals surface area (Å²) in [7, 11) is 0. The maximum Gasteiger partial charge on any atom is 0.159 e. The van der Waals surface area contributed by atoms with Crippen LogP contribution in [0.5, 0.6) is 0 Å². The van der Waals surface area contributed by atoms with Crippen molar-refractivity contribution in [2.45, 2.75) is 420 Å². The highest BCUT2D eigenvalue weighted by atomic mass is 127. The van der Waals surface area contributed by atoms with Gasteiger partial charge in [0.1, 0.15) is 0 Å². The highest BCUT2D eigenvalue weighted by Gasteiger charge is 2.30. The third kappa shape index (κ3) is 35.3. The summed E-state index contributed by atoms with van der Waals surface area (Å²) >= 11 is 8.92. The van der Waals surface area contributed by atoms with Crippen LogP contribution in [0.2, 0.25) is 0 Å². The van der Waals surface area contributed by atoms with Gasteiger partial charge in [0, 0.05) is 99.2 Å². The number of aromatic nitrogens is 8. The molecule has 9 aromatic heterocycles. The molecule has 0 fully saturated rings. The summed E-state index contributed by atoms with van der Waals surface area (Å²) in [6.45, 7) is 102. The van der Waals surface area contributed by atoms with Crippen molar-refractivity contribution >= 4 is 78.9 Å². The van der Waals surface area contributed by atoms with Crippen LogP contribution in [-0.4, -0.2) is 39.9 Å². The van der Waals surface area contributed by atoms with Gasteiger partial charge in [-0.1, -0.05) is 361 Å². The Bertz CT molecular complexity index is 4360. The number of nitrogens with one attached hydrogen (secondary N) is 1. The smallest absolute Gasteiger partial charge is 0.159 e. The van der Waals surface area contributed by atoms with E-state index in [4.69, 9.17) is 15.0 Å². The fourth-order valence-electron chi connectivity index (χ4n) is 12.2. The van der Waals surface area contributed by atoms with Crippen molar-refractivity contribution in [2.24, 2.45) is 0 Å². The van der Waals surface area contributed by atoms with Crippen LogP contribution < -0.4 is 0 Å². The van der Waals surface area contributed by atoms with Crippen molar-refractivity contribution in [3.05, 3.63) is 233 Å². The van der Waals surface area contributed by atoms with E-state index in [0.29, 0.717) is 58.2 Å². The van der Waals surface area contributed by atoms with Gasteiger partial charge in [0.15, 0.2) is 5.65 Å². The Morgan fingerprint density at radius 3 is 0.777 bits per heavy atom. The second-order valence-corrected chi connectivity index (χ2v) is 50.0. The van der Waals surface area contributed by atoms with E-state index in [-0.39, 0.29) is 43.3 Å². The normalized spacial score (nSPS) is 12.6. The standard InChI is InChI=1S/C16H20N2.C16H28N2.C14H18N2.C14H22.C13H21N.C12H18I2S.C12H21N.C12H20S/c1-11(2)13-7-5-9-15(17-13)16-10-6-8-14(18-16)12(3)4;1-9(2)13-14(10(3)4)18-16(12(7)8)15(17-13)11(5)6;1-9(2)12-7-5-11-6-8-13(10(3)4)16-14(11)15-12;1-13(2,3)11-8-7-9-12(10-11)14(4,5)6;1-12(2,3)10-8-7-9-11(14-10)13(4,5)6;1-11(2,3)9-7(13)8(14)10(15-9)12(4,5)6;2*1-11(2,3)9-7-8-10(13-9)12(4,5)6/h5-12H,1-4H3;9-12H,1-8H3;5-10H,1-4H3;7-10H,1-6H3;7-9H,1-6H3;1-6H3;7-8,13H,1-6H3;7-8H,1-6H3. The molecule has 8 nitrogen and oxygen atoms in total. The van der Waals surface area contributed by atoms with Gasteiger partial charge in [-0.15, -0.1) is 22.7 Å². The zero-order valence-electron chi connectivity index (χ0n) is 84.9. The monoisotopic (exact) mass is 1910 g/mol. The number of fused-ring (bicyclic) bond motifs is 1. The zero-order chi connectivity index (χ0) is 93.4. The summed E-state index contributed by atoms with van der Waals surface area (Å²) in [6, 6.07) is 44.9. The van der Waals surface area contributed by atoms with Crippen molar-refractivity contribution in [3.63, 3.8) is 0 Å². The zero-order valence-corrected chi connectivity index (χ0v) is 90.9. The minimum atomic E-state index is 0.140. The van der Waals surface area contributed by atoms with E-state index < -0.39 is 0 Å². The van der Waals surface area contributed by atoms with Crippen LogP contribution in [-0.2, 0) is 54.1 Å². The highest BCUT2D eigenvalue weighted by Crippen LogP contribution is 2.44. The van der Waals surface area contributed by atoms with Crippen LogP contribution in [0.15, 0.2) is 127 Å². The number of aromatic amines is 1. The molecule has 0 atom stereocenters. The van der Waals surface area contributed by atoms with Gasteiger partial charge in [-0.25, -0.2) is 9.97 Å². The van der Waals surface area contributed by atoms with Gasteiger partial charge >= 0.3 is 0 Å². The summed E-state index contributed by atoms with van der Waals surface area (Å²) in [4.78, 5) is 42.7. The Labute approximate surface area is 777 Å². The second-order valence-electron chi connectivity index (χ2n) is 45.7. The van der Waals surface area contributed by atoms with Gasteiger partial charge in [0.05, 0.1) is 34.2 Å². The van der Waals surface area contributed by atoms with Crippen LogP contribution >= 0.6 is 67.9 Å². The Hall–Kier alpha value is -5.55. The molecule has 0 radical (unpaired) electrons. The number of rotatable bonds is 9. The Morgan fingerprint density at radius 1 is 0.256 bits per heavy atom. The fraction of sp³-hybridized carbons (Fsp3) is 0.587. The second kappa shape index (κ2) is 44.7. The number of hydrogen-bond acceptors (Lipinski definition) is 9. The van der Waals surface area contributed by atoms with E-state index in [2.05, 4.69) is 504 Å². The van der Waals surface area contributed by atoms with Gasteiger partial charge in [0.2, 0.25) is 0 Å². The molecular weight excluding hydrogens is 1740 g/mol. The molecule has 0 amide bonds. The molecule has 0 aliphatic carbocycles. The number of hydrogen-bond donors (Lipinski definition) is 1. The number of thiophene rings is 2. The van der Waals surface area contributed by atoms with Crippen molar-refractivity contribution in [2.75, 3.05) is 0 Å². The third-order valence-electron chi connectivity index (χ3n) is 20.4. The van der Waals surface area contributed by atoms with Crippen LogP contribution in [0, 0.1) is 7.14 Å². The predicted octanol–water partition coefficient (Wildman–Crippen LogP) is 34.7. The molecule has 0 unspecified atom stereocenters. The van der Waals surface area contributed by atoms with Crippen molar-refractivity contribution in [1.82, 2.24) is 39.9 Å². The molecule has 121 heavy (non-hydrogen) atoms. The molecule has 0 bridgehead atoms. The van der Waals surface area contributed by atoms with Crippen LogP contribution in [0.4, 0.5) is 0 Å². The first-order chi connectivity index (χ1) is 54.8. The highest BCUT2D eigenvalue weighted by molar-refractivity contribution is 14.1. The average molecular weight is 1910 g/mol. The first-order valence-electron chi connectivity index (χ1n) is 44.8. The minimum absolute atomic E-state index is 0.140. The number of nitrogens with zero attached hydrogens (tertiary/aromatic N) is 7. The minimum Gasteiger partial charge on any atom is -0.361 e.